The Kier molecular flexibility index (Phi) is 8.16. The number of amides is 1. The highest BCUT2D eigenvalue weighted by molar-refractivity contribution is 5.85. The minimum atomic E-state index is 0. The Balaban J connectivity index is 0.00000220. The standard InChI is InChI=1S/C16H24N2O2.ClH/c1-2-20-15-8-4-3-7-14(15)13-17-10-6-12-18-11-5-9-16(18)19;/h3-4,7-8,17H,2,5-6,9-13H2,1H3;1H. The Labute approximate surface area is 133 Å². The summed E-state index contributed by atoms with van der Waals surface area (Å²) in [5.41, 5.74) is 1.19. The van der Waals surface area contributed by atoms with E-state index in [9.17, 15) is 4.79 Å². The second kappa shape index (κ2) is 9.64. The van der Waals surface area contributed by atoms with Gasteiger partial charge in [0.25, 0.3) is 0 Å². The van der Waals surface area contributed by atoms with E-state index in [4.69, 9.17) is 4.74 Å². The number of hydrogen-bond acceptors (Lipinski definition) is 3. The normalized spacial score (nSPS) is 14.1. The highest BCUT2D eigenvalue weighted by Crippen LogP contribution is 2.17. The third kappa shape index (κ3) is 5.56. The van der Waals surface area contributed by atoms with Crippen LogP contribution in [0, 0.1) is 0 Å². The summed E-state index contributed by atoms with van der Waals surface area (Å²) in [6.07, 6.45) is 2.76. The van der Waals surface area contributed by atoms with Gasteiger partial charge in [0.2, 0.25) is 5.91 Å². The third-order valence-corrected chi connectivity index (χ3v) is 3.54. The van der Waals surface area contributed by atoms with Gasteiger partial charge >= 0.3 is 0 Å². The molecule has 118 valence electrons. The predicted molar refractivity (Wildman–Crippen MR) is 87.0 cm³/mol. The van der Waals surface area contributed by atoms with Gasteiger partial charge < -0.3 is 15.0 Å². The fraction of sp³-hybridized carbons (Fsp3) is 0.562. The molecular formula is C16H25ClN2O2. The van der Waals surface area contributed by atoms with Crippen molar-refractivity contribution in [1.29, 1.82) is 0 Å². The molecule has 0 aliphatic carbocycles. The van der Waals surface area contributed by atoms with E-state index >= 15 is 0 Å². The van der Waals surface area contributed by atoms with Gasteiger partial charge in [0.05, 0.1) is 6.61 Å². The lowest BCUT2D eigenvalue weighted by Gasteiger charge is -2.15. The van der Waals surface area contributed by atoms with Gasteiger partial charge in [0.1, 0.15) is 5.75 Å². The molecule has 1 aromatic carbocycles. The number of carbonyl (C=O) groups excluding carboxylic acids is 1. The Hall–Kier alpha value is -1.26. The number of rotatable bonds is 8. The first kappa shape index (κ1) is 17.8. The van der Waals surface area contributed by atoms with Crippen LogP contribution in [0.5, 0.6) is 5.75 Å². The number of nitrogens with zero attached hydrogens (tertiary/aromatic N) is 1. The first-order valence-electron chi connectivity index (χ1n) is 7.50. The smallest absolute Gasteiger partial charge is 0.222 e. The number of hydrogen-bond donors (Lipinski definition) is 1. The molecule has 1 heterocycles. The maximum Gasteiger partial charge on any atom is 0.222 e. The summed E-state index contributed by atoms with van der Waals surface area (Å²) in [4.78, 5) is 13.4. The number of halogens is 1. The molecule has 2 rings (SSSR count). The molecule has 0 saturated carbocycles. The number of carbonyl (C=O) groups is 1. The number of benzene rings is 1. The molecule has 1 aliphatic heterocycles. The van der Waals surface area contributed by atoms with Crippen molar-refractivity contribution in [2.24, 2.45) is 0 Å². The topological polar surface area (TPSA) is 41.6 Å². The fourth-order valence-corrected chi connectivity index (χ4v) is 2.50. The molecule has 1 N–H and O–H groups in total. The number of nitrogens with one attached hydrogen (secondary N) is 1. The van der Waals surface area contributed by atoms with Crippen LogP contribution in [-0.4, -0.2) is 37.0 Å². The average molecular weight is 313 g/mol. The molecule has 0 unspecified atom stereocenters. The van der Waals surface area contributed by atoms with Crippen LogP contribution in [-0.2, 0) is 11.3 Å². The molecule has 1 saturated heterocycles. The minimum Gasteiger partial charge on any atom is -0.494 e. The first-order chi connectivity index (χ1) is 9.81. The quantitative estimate of drug-likeness (QED) is 0.750. The van der Waals surface area contributed by atoms with E-state index in [1.807, 2.05) is 30.0 Å². The van der Waals surface area contributed by atoms with Gasteiger partial charge in [-0.15, -0.1) is 12.4 Å². The van der Waals surface area contributed by atoms with Crippen LogP contribution in [0.25, 0.3) is 0 Å². The van der Waals surface area contributed by atoms with Crippen molar-refractivity contribution in [2.45, 2.75) is 32.7 Å². The summed E-state index contributed by atoms with van der Waals surface area (Å²) < 4.78 is 5.60. The lowest BCUT2D eigenvalue weighted by atomic mass is 10.2. The van der Waals surface area contributed by atoms with Crippen LogP contribution in [0.15, 0.2) is 24.3 Å². The number of likely N-dealkylation sites (tertiary alicyclic amines) is 1. The molecule has 0 spiro atoms. The molecule has 1 aromatic rings. The summed E-state index contributed by atoms with van der Waals surface area (Å²) in [6, 6.07) is 8.11. The summed E-state index contributed by atoms with van der Waals surface area (Å²) in [5, 5.41) is 3.42. The second-order valence-electron chi connectivity index (χ2n) is 5.06. The average Bonchev–Trinajstić information content (AvgIpc) is 2.86. The summed E-state index contributed by atoms with van der Waals surface area (Å²) >= 11 is 0. The van der Waals surface area contributed by atoms with Gasteiger partial charge in [-0.2, -0.15) is 0 Å². The Bertz CT molecular complexity index is 440. The molecule has 1 aliphatic rings. The molecule has 0 atom stereocenters. The zero-order valence-electron chi connectivity index (χ0n) is 12.6. The zero-order valence-corrected chi connectivity index (χ0v) is 13.5. The molecule has 0 bridgehead atoms. The third-order valence-electron chi connectivity index (χ3n) is 3.54. The molecule has 5 heteroatoms. The van der Waals surface area contributed by atoms with E-state index in [2.05, 4.69) is 11.4 Å². The first-order valence-corrected chi connectivity index (χ1v) is 7.50. The van der Waals surface area contributed by atoms with Crippen molar-refractivity contribution in [3.8, 4) is 5.75 Å². The van der Waals surface area contributed by atoms with E-state index in [0.29, 0.717) is 12.5 Å². The van der Waals surface area contributed by atoms with E-state index in [0.717, 1.165) is 51.2 Å². The van der Waals surface area contributed by atoms with Crippen molar-refractivity contribution in [2.75, 3.05) is 26.2 Å². The van der Waals surface area contributed by atoms with E-state index in [-0.39, 0.29) is 12.4 Å². The molecule has 1 amide bonds. The highest BCUT2D eigenvalue weighted by atomic mass is 35.5. The molecule has 1 fully saturated rings. The van der Waals surface area contributed by atoms with Gasteiger partial charge in [-0.05, 0) is 32.4 Å². The van der Waals surface area contributed by atoms with Crippen LogP contribution in [0.4, 0.5) is 0 Å². The second-order valence-corrected chi connectivity index (χ2v) is 5.06. The van der Waals surface area contributed by atoms with Crippen LogP contribution in [0.2, 0.25) is 0 Å². The van der Waals surface area contributed by atoms with Gasteiger partial charge in [-0.3, -0.25) is 4.79 Å². The number of ether oxygens (including phenoxy) is 1. The Morgan fingerprint density at radius 1 is 1.33 bits per heavy atom. The lowest BCUT2D eigenvalue weighted by molar-refractivity contribution is -0.127. The van der Waals surface area contributed by atoms with E-state index in [1.165, 1.54) is 5.56 Å². The van der Waals surface area contributed by atoms with Crippen molar-refractivity contribution in [3.63, 3.8) is 0 Å². The van der Waals surface area contributed by atoms with Crippen LogP contribution in [0.1, 0.15) is 31.7 Å². The van der Waals surface area contributed by atoms with Gasteiger partial charge in [-0.1, -0.05) is 18.2 Å². The molecule has 21 heavy (non-hydrogen) atoms. The van der Waals surface area contributed by atoms with Crippen LogP contribution in [0.3, 0.4) is 0 Å². The van der Waals surface area contributed by atoms with Crippen molar-refractivity contribution in [3.05, 3.63) is 29.8 Å². The summed E-state index contributed by atoms with van der Waals surface area (Å²) in [6.45, 7) is 6.23. The Morgan fingerprint density at radius 2 is 2.14 bits per heavy atom. The van der Waals surface area contributed by atoms with Crippen molar-refractivity contribution in [1.82, 2.24) is 10.2 Å². The zero-order chi connectivity index (χ0) is 14.2. The lowest BCUT2D eigenvalue weighted by Crippen LogP contribution is -2.28. The molecule has 0 aromatic heterocycles. The number of para-hydroxylation sites is 1. The SMILES string of the molecule is CCOc1ccccc1CNCCCN1CCCC1=O.Cl. The van der Waals surface area contributed by atoms with Gasteiger partial charge in [0, 0.05) is 31.6 Å². The van der Waals surface area contributed by atoms with E-state index in [1.54, 1.807) is 0 Å². The maximum atomic E-state index is 11.5. The highest BCUT2D eigenvalue weighted by Gasteiger charge is 2.18. The van der Waals surface area contributed by atoms with Crippen molar-refractivity contribution < 1.29 is 9.53 Å². The van der Waals surface area contributed by atoms with Gasteiger partial charge in [-0.25, -0.2) is 0 Å². The minimum absolute atomic E-state index is 0. The Morgan fingerprint density at radius 3 is 2.86 bits per heavy atom. The summed E-state index contributed by atoms with van der Waals surface area (Å²) in [5.74, 6) is 1.27. The monoisotopic (exact) mass is 312 g/mol. The molecule has 4 nitrogen and oxygen atoms in total. The van der Waals surface area contributed by atoms with Crippen LogP contribution < -0.4 is 10.1 Å². The fourth-order valence-electron chi connectivity index (χ4n) is 2.50. The van der Waals surface area contributed by atoms with Crippen LogP contribution >= 0.6 is 12.4 Å². The largest absolute Gasteiger partial charge is 0.494 e. The maximum absolute atomic E-state index is 11.5. The van der Waals surface area contributed by atoms with Gasteiger partial charge in [0.15, 0.2) is 0 Å². The molecular weight excluding hydrogens is 288 g/mol. The van der Waals surface area contributed by atoms with E-state index < -0.39 is 0 Å². The predicted octanol–water partition coefficient (Wildman–Crippen LogP) is 2.61. The van der Waals surface area contributed by atoms with Crippen molar-refractivity contribution >= 4 is 18.3 Å². The molecule has 0 radical (unpaired) electrons. The summed E-state index contributed by atoms with van der Waals surface area (Å²) in [7, 11) is 0.